The van der Waals surface area contributed by atoms with Crippen LogP contribution in [-0.4, -0.2) is 54.6 Å². The number of aliphatic imine (C=N–C) groups is 1. The first-order valence-corrected chi connectivity index (χ1v) is 17.2. The number of hydrogen-bond acceptors (Lipinski definition) is 9. The lowest BCUT2D eigenvalue weighted by atomic mass is 9.77. The largest absolute Gasteiger partial charge is 0.330 e. The van der Waals surface area contributed by atoms with Crippen LogP contribution in [-0.2, 0) is 16.0 Å². The van der Waals surface area contributed by atoms with Gasteiger partial charge in [0.25, 0.3) is 0 Å². The number of hydrogen-bond donors (Lipinski definition) is 3. The minimum absolute atomic E-state index is 0.0220. The average molecular weight is 648 g/mol. The highest BCUT2D eigenvalue weighted by molar-refractivity contribution is 6.01. The summed E-state index contributed by atoms with van der Waals surface area (Å²) < 4.78 is 0. The highest BCUT2D eigenvalue weighted by atomic mass is 16.2. The maximum absolute atomic E-state index is 13.7. The molecule has 10 heteroatoms. The minimum Gasteiger partial charge on any atom is -0.330 e. The number of anilines is 1. The van der Waals surface area contributed by atoms with E-state index in [2.05, 4.69) is 30.8 Å². The van der Waals surface area contributed by atoms with Crippen molar-refractivity contribution in [3.8, 4) is 11.1 Å². The van der Waals surface area contributed by atoms with Crippen LogP contribution in [0.4, 0.5) is 5.69 Å². The number of benzene rings is 2. The predicted molar refractivity (Wildman–Crippen MR) is 187 cm³/mol. The normalized spacial score (nSPS) is 21.1. The summed E-state index contributed by atoms with van der Waals surface area (Å²) in [6, 6.07) is 19.3. The predicted octanol–water partition coefficient (Wildman–Crippen LogP) is 5.93. The SMILES string of the molecule is Cc1nc(C(=O)C[C@@H]2CCNC2)ccc1-c1ccc(C[C@H](CC(=O)C2CCC(CN)CC2)C(=O)Nc2ccc(C3=NCN=N3)cc2)cc1. The molecule has 2 atom stereocenters. The van der Waals surface area contributed by atoms with Gasteiger partial charge < -0.3 is 16.4 Å². The summed E-state index contributed by atoms with van der Waals surface area (Å²) in [6.45, 7) is 4.78. The van der Waals surface area contributed by atoms with Crippen molar-refractivity contribution >= 4 is 29.0 Å². The molecule has 3 aliphatic rings. The van der Waals surface area contributed by atoms with Crippen LogP contribution >= 0.6 is 0 Å². The fraction of sp³-hybridized carbons (Fsp3) is 0.447. The number of carbonyl (C=O) groups is 3. The highest BCUT2D eigenvalue weighted by Gasteiger charge is 2.30. The van der Waals surface area contributed by atoms with Crippen molar-refractivity contribution in [3.05, 3.63) is 83.2 Å². The van der Waals surface area contributed by atoms with Crippen LogP contribution in [0.5, 0.6) is 0 Å². The van der Waals surface area contributed by atoms with Gasteiger partial charge in [0.2, 0.25) is 5.91 Å². The van der Waals surface area contributed by atoms with Gasteiger partial charge in [-0.1, -0.05) is 30.3 Å². The van der Waals surface area contributed by atoms with E-state index >= 15 is 0 Å². The number of Topliss-reactive ketones (excluding diaryl/α,β-unsaturated/α-hetero) is 2. The van der Waals surface area contributed by atoms with Gasteiger partial charge in [-0.2, -0.15) is 5.11 Å². The molecule has 1 saturated heterocycles. The quantitative estimate of drug-likeness (QED) is 0.196. The lowest BCUT2D eigenvalue weighted by Gasteiger charge is -2.27. The van der Waals surface area contributed by atoms with E-state index in [0.29, 0.717) is 55.1 Å². The van der Waals surface area contributed by atoms with Crippen LogP contribution in [0.3, 0.4) is 0 Å². The molecule has 2 aliphatic heterocycles. The van der Waals surface area contributed by atoms with Gasteiger partial charge in [-0.05, 0) is 118 Å². The Morgan fingerprint density at radius 2 is 1.67 bits per heavy atom. The van der Waals surface area contributed by atoms with Crippen LogP contribution in [0.1, 0.15) is 72.3 Å². The monoisotopic (exact) mass is 647 g/mol. The van der Waals surface area contributed by atoms with Crippen molar-refractivity contribution in [1.29, 1.82) is 0 Å². The van der Waals surface area contributed by atoms with Gasteiger partial charge >= 0.3 is 0 Å². The third-order valence-corrected chi connectivity index (χ3v) is 10.1. The van der Waals surface area contributed by atoms with Gasteiger partial charge in [-0.3, -0.25) is 14.4 Å². The van der Waals surface area contributed by atoms with E-state index in [9.17, 15) is 14.4 Å². The molecule has 1 saturated carbocycles. The summed E-state index contributed by atoms with van der Waals surface area (Å²) in [5.41, 5.74) is 11.6. The van der Waals surface area contributed by atoms with Crippen LogP contribution in [0.25, 0.3) is 11.1 Å². The van der Waals surface area contributed by atoms with Crippen LogP contribution in [0.2, 0.25) is 0 Å². The molecule has 2 fully saturated rings. The van der Waals surface area contributed by atoms with Gasteiger partial charge in [0, 0.05) is 47.2 Å². The molecule has 0 radical (unpaired) electrons. The van der Waals surface area contributed by atoms with E-state index in [4.69, 9.17) is 5.73 Å². The number of carbonyl (C=O) groups excluding carboxylic acids is 3. The van der Waals surface area contributed by atoms with Gasteiger partial charge in [0.15, 0.2) is 18.3 Å². The number of amidine groups is 1. The summed E-state index contributed by atoms with van der Waals surface area (Å²) in [5, 5.41) is 14.3. The summed E-state index contributed by atoms with van der Waals surface area (Å²) in [6.07, 6.45) is 5.77. The summed E-state index contributed by atoms with van der Waals surface area (Å²) in [5.74, 6) is 0.965. The molecule has 4 N–H and O–H groups in total. The molecule has 3 aromatic rings. The Morgan fingerprint density at radius 3 is 2.31 bits per heavy atom. The average Bonchev–Trinajstić information content (AvgIpc) is 3.84. The first kappa shape index (κ1) is 33.5. The second kappa shape index (κ2) is 15.7. The highest BCUT2D eigenvalue weighted by Crippen LogP contribution is 2.31. The molecule has 1 aromatic heterocycles. The molecule has 0 bridgehead atoms. The second-order valence-corrected chi connectivity index (χ2v) is 13.5. The zero-order valence-corrected chi connectivity index (χ0v) is 27.7. The molecule has 48 heavy (non-hydrogen) atoms. The smallest absolute Gasteiger partial charge is 0.228 e. The van der Waals surface area contributed by atoms with E-state index in [-0.39, 0.29) is 29.8 Å². The molecule has 1 amide bonds. The van der Waals surface area contributed by atoms with Crippen LogP contribution < -0.4 is 16.4 Å². The zero-order chi connectivity index (χ0) is 33.5. The number of rotatable bonds is 13. The molecule has 0 spiro atoms. The maximum atomic E-state index is 13.7. The fourth-order valence-corrected chi connectivity index (χ4v) is 7.09. The number of aromatic nitrogens is 1. The van der Waals surface area contributed by atoms with Gasteiger partial charge in [-0.25, -0.2) is 9.98 Å². The Balaban J connectivity index is 1.14. The standard InChI is InChI=1S/C38H45N7O3/c1-24-33(14-15-34(43-24)36(47)19-27-16-17-40-22-27)28-6-2-25(3-7-28)18-31(20-35(46)29-8-4-26(21-39)5-9-29)38(48)44-32-12-10-30(11-13-32)37-41-23-42-45-37/h2-3,6-7,10-15,26-27,29,31,40H,4-5,8-9,16-23,39H2,1H3,(H,44,48)/t26?,27-,29?,31+/m0/s1. The van der Waals surface area contributed by atoms with Crippen molar-refractivity contribution in [1.82, 2.24) is 10.3 Å². The van der Waals surface area contributed by atoms with Crippen molar-refractivity contribution < 1.29 is 14.4 Å². The van der Waals surface area contributed by atoms with E-state index in [1.807, 2.05) is 67.6 Å². The van der Waals surface area contributed by atoms with Crippen molar-refractivity contribution in [3.63, 3.8) is 0 Å². The number of nitrogens with zero attached hydrogens (tertiary/aromatic N) is 4. The fourth-order valence-electron chi connectivity index (χ4n) is 7.09. The third kappa shape index (κ3) is 8.35. The Kier molecular flexibility index (Phi) is 10.9. The number of azo groups is 1. The van der Waals surface area contributed by atoms with E-state index in [0.717, 1.165) is 73.1 Å². The molecule has 250 valence electrons. The van der Waals surface area contributed by atoms with Crippen molar-refractivity contribution in [2.45, 2.75) is 58.3 Å². The van der Waals surface area contributed by atoms with Crippen molar-refractivity contribution in [2.75, 3.05) is 31.6 Å². The minimum atomic E-state index is -0.521. The van der Waals surface area contributed by atoms with Gasteiger partial charge in [0.1, 0.15) is 11.5 Å². The number of aryl methyl sites for hydroxylation is 1. The van der Waals surface area contributed by atoms with E-state index in [1.165, 1.54) is 0 Å². The topological polar surface area (TPSA) is 151 Å². The van der Waals surface area contributed by atoms with Crippen LogP contribution in [0.15, 0.2) is 75.9 Å². The van der Waals surface area contributed by atoms with E-state index < -0.39 is 5.92 Å². The molecule has 10 nitrogen and oxygen atoms in total. The molecular formula is C38H45N7O3. The number of pyridine rings is 1. The Bertz CT molecular complexity index is 1670. The summed E-state index contributed by atoms with van der Waals surface area (Å²) in [7, 11) is 0. The third-order valence-electron chi connectivity index (χ3n) is 10.1. The van der Waals surface area contributed by atoms with Crippen LogP contribution in [0, 0.1) is 30.6 Å². The van der Waals surface area contributed by atoms with E-state index in [1.54, 1.807) is 0 Å². The zero-order valence-electron chi connectivity index (χ0n) is 27.7. The second-order valence-electron chi connectivity index (χ2n) is 13.5. The lowest BCUT2D eigenvalue weighted by Crippen LogP contribution is -2.31. The lowest BCUT2D eigenvalue weighted by molar-refractivity contribution is -0.129. The summed E-state index contributed by atoms with van der Waals surface area (Å²) in [4.78, 5) is 49.0. The molecule has 0 unspecified atom stereocenters. The summed E-state index contributed by atoms with van der Waals surface area (Å²) >= 11 is 0. The van der Waals surface area contributed by atoms with Gasteiger partial charge in [-0.15, -0.1) is 5.11 Å². The molecule has 2 aromatic carbocycles. The number of ketones is 2. The first-order chi connectivity index (χ1) is 23.4. The molecule has 6 rings (SSSR count). The molecular weight excluding hydrogens is 602 g/mol. The number of nitrogens with one attached hydrogen (secondary N) is 2. The van der Waals surface area contributed by atoms with Gasteiger partial charge in [0.05, 0.1) is 0 Å². The number of nitrogens with two attached hydrogens (primary N) is 1. The molecule has 1 aliphatic carbocycles. The Morgan fingerprint density at radius 1 is 0.917 bits per heavy atom. The Labute approximate surface area is 282 Å². The Hall–Kier alpha value is -4.41. The maximum Gasteiger partial charge on any atom is 0.228 e. The first-order valence-electron chi connectivity index (χ1n) is 17.2. The molecule has 3 heterocycles. The van der Waals surface area contributed by atoms with Crippen molar-refractivity contribution in [2.24, 2.45) is 44.6 Å². The number of amides is 1.